The average molecular weight is 370 g/mol. The number of aryl methyl sites for hydroxylation is 2. The molecule has 0 aliphatic carbocycles. The fourth-order valence-corrected chi connectivity index (χ4v) is 2.39. The molecule has 0 spiro atoms. The lowest BCUT2D eigenvalue weighted by molar-refractivity contribution is 0.469. The standard InChI is InChI=1S/C16H18BrClN2O/c1-9(2)16-19-8-14(13(7-18)20-16)21-12-5-10(3)15(17)11(4)6-12/h5-6,8-9H,7H2,1-4H3. The predicted octanol–water partition coefficient (Wildman–Crippen LogP) is 5.51. The molecule has 2 aromatic rings. The van der Waals surface area contributed by atoms with Gasteiger partial charge in [0, 0.05) is 10.4 Å². The molecule has 0 N–H and O–H groups in total. The number of hydrogen-bond acceptors (Lipinski definition) is 3. The summed E-state index contributed by atoms with van der Waals surface area (Å²) in [5.74, 6) is 2.71. The molecule has 0 amide bonds. The first-order valence-corrected chi connectivity index (χ1v) is 8.11. The van der Waals surface area contributed by atoms with Crippen LogP contribution in [-0.2, 0) is 5.88 Å². The second-order valence-corrected chi connectivity index (χ2v) is 6.36. The van der Waals surface area contributed by atoms with Gasteiger partial charge in [-0.2, -0.15) is 0 Å². The summed E-state index contributed by atoms with van der Waals surface area (Å²) in [5, 5.41) is 0. The number of benzene rings is 1. The Bertz CT molecular complexity index is 636. The van der Waals surface area contributed by atoms with E-state index in [0.29, 0.717) is 17.3 Å². The molecular weight excluding hydrogens is 352 g/mol. The molecule has 0 radical (unpaired) electrons. The Kier molecular flexibility index (Phi) is 5.22. The van der Waals surface area contributed by atoms with Crippen LogP contribution in [0.25, 0.3) is 0 Å². The molecule has 0 saturated heterocycles. The van der Waals surface area contributed by atoms with Gasteiger partial charge in [0.15, 0.2) is 5.75 Å². The van der Waals surface area contributed by atoms with Crippen LogP contribution in [0.5, 0.6) is 11.5 Å². The molecule has 0 unspecified atom stereocenters. The second kappa shape index (κ2) is 6.75. The van der Waals surface area contributed by atoms with E-state index in [1.165, 1.54) is 0 Å². The van der Waals surface area contributed by atoms with Crippen molar-refractivity contribution in [3.05, 3.63) is 45.4 Å². The summed E-state index contributed by atoms with van der Waals surface area (Å²) < 4.78 is 7.02. The zero-order valence-electron chi connectivity index (χ0n) is 12.6. The quantitative estimate of drug-likeness (QED) is 0.666. The average Bonchev–Trinajstić information content (AvgIpc) is 2.44. The fraction of sp³-hybridized carbons (Fsp3) is 0.375. The molecular formula is C16H18BrClN2O. The minimum Gasteiger partial charge on any atom is -0.454 e. The Balaban J connectivity index is 2.35. The molecule has 0 saturated carbocycles. The summed E-state index contributed by atoms with van der Waals surface area (Å²) in [6.07, 6.45) is 1.70. The maximum Gasteiger partial charge on any atom is 0.168 e. The maximum atomic E-state index is 5.98. The van der Waals surface area contributed by atoms with Crippen LogP contribution >= 0.6 is 27.5 Å². The molecule has 5 heteroatoms. The monoisotopic (exact) mass is 368 g/mol. The van der Waals surface area contributed by atoms with Gasteiger partial charge in [0.1, 0.15) is 17.3 Å². The van der Waals surface area contributed by atoms with E-state index < -0.39 is 0 Å². The van der Waals surface area contributed by atoms with Gasteiger partial charge in [-0.25, -0.2) is 9.97 Å². The largest absolute Gasteiger partial charge is 0.454 e. The lowest BCUT2D eigenvalue weighted by atomic mass is 10.1. The normalized spacial score (nSPS) is 11.0. The smallest absolute Gasteiger partial charge is 0.168 e. The van der Waals surface area contributed by atoms with Crippen molar-refractivity contribution in [2.45, 2.75) is 39.5 Å². The summed E-state index contributed by atoms with van der Waals surface area (Å²) >= 11 is 9.54. The van der Waals surface area contributed by atoms with Crippen LogP contribution in [0.3, 0.4) is 0 Å². The van der Waals surface area contributed by atoms with Crippen LogP contribution in [0, 0.1) is 13.8 Å². The highest BCUT2D eigenvalue weighted by atomic mass is 79.9. The van der Waals surface area contributed by atoms with Crippen LogP contribution < -0.4 is 4.74 Å². The molecule has 1 heterocycles. The molecule has 0 aliphatic rings. The molecule has 1 aromatic carbocycles. The van der Waals surface area contributed by atoms with Gasteiger partial charge in [-0.1, -0.05) is 29.8 Å². The Hall–Kier alpha value is -1.13. The first-order chi connectivity index (χ1) is 9.92. The second-order valence-electron chi connectivity index (χ2n) is 5.30. The summed E-state index contributed by atoms with van der Waals surface area (Å²) in [4.78, 5) is 8.81. The molecule has 0 atom stereocenters. The highest BCUT2D eigenvalue weighted by Crippen LogP contribution is 2.31. The van der Waals surface area contributed by atoms with Gasteiger partial charge < -0.3 is 4.74 Å². The molecule has 0 fully saturated rings. The molecule has 112 valence electrons. The lowest BCUT2D eigenvalue weighted by Gasteiger charge is -2.13. The van der Waals surface area contributed by atoms with Gasteiger partial charge in [0.05, 0.1) is 12.1 Å². The predicted molar refractivity (Wildman–Crippen MR) is 89.4 cm³/mol. The number of hydrogen-bond donors (Lipinski definition) is 0. The number of aromatic nitrogens is 2. The van der Waals surface area contributed by atoms with Crippen molar-refractivity contribution >= 4 is 27.5 Å². The van der Waals surface area contributed by atoms with Crippen LogP contribution in [0.2, 0.25) is 0 Å². The summed E-state index contributed by atoms with van der Waals surface area (Å²) in [6.45, 7) is 8.17. The Morgan fingerprint density at radius 3 is 2.38 bits per heavy atom. The maximum absolute atomic E-state index is 5.98. The fourth-order valence-electron chi connectivity index (χ4n) is 1.97. The van der Waals surface area contributed by atoms with E-state index in [1.54, 1.807) is 6.20 Å². The van der Waals surface area contributed by atoms with E-state index in [1.807, 2.05) is 26.0 Å². The summed E-state index contributed by atoms with van der Waals surface area (Å²) in [7, 11) is 0. The van der Waals surface area contributed by atoms with E-state index in [2.05, 4.69) is 39.7 Å². The van der Waals surface area contributed by atoms with Crippen molar-refractivity contribution in [1.29, 1.82) is 0 Å². The van der Waals surface area contributed by atoms with Crippen LogP contribution in [0.4, 0.5) is 0 Å². The van der Waals surface area contributed by atoms with Gasteiger partial charge in [-0.05, 0) is 37.1 Å². The summed E-state index contributed by atoms with van der Waals surface area (Å²) in [5.41, 5.74) is 2.96. The number of ether oxygens (including phenoxy) is 1. The molecule has 1 aromatic heterocycles. The van der Waals surface area contributed by atoms with Crippen LogP contribution in [-0.4, -0.2) is 9.97 Å². The van der Waals surface area contributed by atoms with Crippen molar-refractivity contribution in [2.24, 2.45) is 0 Å². The van der Waals surface area contributed by atoms with Gasteiger partial charge in [-0.3, -0.25) is 0 Å². The van der Waals surface area contributed by atoms with Crippen molar-refractivity contribution < 1.29 is 4.74 Å². The summed E-state index contributed by atoms with van der Waals surface area (Å²) in [6, 6.07) is 3.96. The topological polar surface area (TPSA) is 35.0 Å². The van der Waals surface area contributed by atoms with E-state index in [9.17, 15) is 0 Å². The molecule has 0 aliphatic heterocycles. The van der Waals surface area contributed by atoms with Gasteiger partial charge >= 0.3 is 0 Å². The van der Waals surface area contributed by atoms with Gasteiger partial charge in [0.2, 0.25) is 0 Å². The molecule has 3 nitrogen and oxygen atoms in total. The first kappa shape index (κ1) is 16.2. The highest BCUT2D eigenvalue weighted by Gasteiger charge is 2.12. The van der Waals surface area contributed by atoms with Crippen molar-refractivity contribution in [1.82, 2.24) is 9.97 Å². The van der Waals surface area contributed by atoms with Crippen LogP contribution in [0.1, 0.15) is 42.4 Å². The number of alkyl halides is 1. The van der Waals surface area contributed by atoms with Crippen molar-refractivity contribution in [3.63, 3.8) is 0 Å². The van der Waals surface area contributed by atoms with Gasteiger partial charge in [-0.15, -0.1) is 11.6 Å². The number of nitrogens with zero attached hydrogens (tertiary/aromatic N) is 2. The van der Waals surface area contributed by atoms with Crippen molar-refractivity contribution in [2.75, 3.05) is 0 Å². The lowest BCUT2D eigenvalue weighted by Crippen LogP contribution is -2.02. The molecule has 0 bridgehead atoms. The molecule has 2 rings (SSSR count). The van der Waals surface area contributed by atoms with Crippen molar-refractivity contribution in [3.8, 4) is 11.5 Å². The zero-order chi connectivity index (χ0) is 15.6. The molecule has 21 heavy (non-hydrogen) atoms. The Morgan fingerprint density at radius 2 is 1.86 bits per heavy atom. The number of halogens is 2. The van der Waals surface area contributed by atoms with Gasteiger partial charge in [0.25, 0.3) is 0 Å². The third kappa shape index (κ3) is 3.74. The van der Waals surface area contributed by atoms with E-state index in [-0.39, 0.29) is 5.92 Å². The Labute approximate surface area is 138 Å². The van der Waals surface area contributed by atoms with E-state index in [0.717, 1.165) is 27.2 Å². The van der Waals surface area contributed by atoms with E-state index in [4.69, 9.17) is 16.3 Å². The minimum atomic E-state index is 0.262. The van der Waals surface area contributed by atoms with E-state index >= 15 is 0 Å². The SMILES string of the molecule is Cc1cc(Oc2cnc(C(C)C)nc2CCl)cc(C)c1Br. The first-order valence-electron chi connectivity index (χ1n) is 6.78. The third-order valence-corrected chi connectivity index (χ3v) is 4.63. The Morgan fingerprint density at radius 1 is 1.24 bits per heavy atom. The highest BCUT2D eigenvalue weighted by molar-refractivity contribution is 9.10. The third-order valence-electron chi connectivity index (χ3n) is 3.13. The minimum absolute atomic E-state index is 0.262. The van der Waals surface area contributed by atoms with Crippen LogP contribution in [0.15, 0.2) is 22.8 Å². The number of rotatable bonds is 4. The zero-order valence-corrected chi connectivity index (χ0v) is 14.9.